The summed E-state index contributed by atoms with van der Waals surface area (Å²) in [4.78, 5) is 10.9. The average Bonchev–Trinajstić information content (AvgIpc) is 2.67. The second-order valence-corrected chi connectivity index (χ2v) is 10.6. The number of aryl methyl sites for hydroxylation is 1. The number of sulfonamides is 1. The third-order valence-corrected chi connectivity index (χ3v) is 8.33. The van der Waals surface area contributed by atoms with Crippen molar-refractivity contribution in [3.05, 3.63) is 40.9 Å². The van der Waals surface area contributed by atoms with Crippen LogP contribution in [-0.4, -0.2) is 26.0 Å². The molecule has 0 radical (unpaired) electrons. The van der Waals surface area contributed by atoms with E-state index in [1.165, 1.54) is 25.7 Å². The first-order chi connectivity index (χ1) is 13.8. The number of hydrogen-bond donors (Lipinski definition) is 2. The fraction of sp³-hybridized carbons (Fsp3) is 0.591. The molecule has 29 heavy (non-hydrogen) atoms. The maximum atomic E-state index is 12.9. The highest BCUT2D eigenvalue weighted by atomic mass is 35.5. The van der Waals surface area contributed by atoms with Crippen LogP contribution < -0.4 is 4.72 Å². The van der Waals surface area contributed by atoms with Gasteiger partial charge in [0.15, 0.2) is 0 Å². The molecule has 5 nitrogen and oxygen atoms in total. The minimum atomic E-state index is -3.58. The van der Waals surface area contributed by atoms with Crippen LogP contribution in [-0.2, 0) is 14.8 Å². The van der Waals surface area contributed by atoms with Crippen LogP contribution in [0.25, 0.3) is 0 Å². The van der Waals surface area contributed by atoms with Gasteiger partial charge in [0, 0.05) is 18.0 Å². The van der Waals surface area contributed by atoms with E-state index in [-0.39, 0.29) is 11.3 Å². The summed E-state index contributed by atoms with van der Waals surface area (Å²) in [5.74, 6) is 1.03. The Kier molecular flexibility index (Phi) is 7.41. The molecule has 160 valence electrons. The molecular formula is C22H30ClNO4S. The molecule has 2 bridgehead atoms. The van der Waals surface area contributed by atoms with Gasteiger partial charge in [0.2, 0.25) is 10.0 Å². The lowest BCUT2D eigenvalue weighted by Crippen LogP contribution is -2.45. The Morgan fingerprint density at radius 3 is 2.59 bits per heavy atom. The Labute approximate surface area is 178 Å². The molecular weight excluding hydrogens is 410 g/mol. The van der Waals surface area contributed by atoms with Crippen LogP contribution in [0.3, 0.4) is 0 Å². The number of halogens is 1. The highest BCUT2D eigenvalue weighted by molar-refractivity contribution is 7.89. The lowest BCUT2D eigenvalue weighted by molar-refractivity contribution is -0.137. The van der Waals surface area contributed by atoms with Crippen molar-refractivity contribution < 1.29 is 18.3 Å². The number of allylic oxidation sites excluding steroid dienone is 2. The van der Waals surface area contributed by atoms with Crippen LogP contribution >= 0.6 is 11.6 Å². The number of carbonyl (C=O) groups is 1. The van der Waals surface area contributed by atoms with E-state index in [4.69, 9.17) is 16.7 Å². The van der Waals surface area contributed by atoms with E-state index in [9.17, 15) is 13.2 Å². The number of fused-ring (bicyclic) bond motifs is 3. The van der Waals surface area contributed by atoms with Gasteiger partial charge < -0.3 is 5.11 Å². The summed E-state index contributed by atoms with van der Waals surface area (Å²) in [6, 6.07) is 4.84. The Morgan fingerprint density at radius 1 is 1.24 bits per heavy atom. The SMILES string of the molecule is Cc1cc(Cl)ccc1S(=O)(=O)NC[C@H]1C2CCC(CC2)[C@H]1C=CCCCC(=O)O. The van der Waals surface area contributed by atoms with Gasteiger partial charge in [0.25, 0.3) is 0 Å². The van der Waals surface area contributed by atoms with Crippen LogP contribution in [0.1, 0.15) is 50.5 Å². The van der Waals surface area contributed by atoms with Gasteiger partial charge >= 0.3 is 5.97 Å². The molecule has 2 N–H and O–H groups in total. The first-order valence-electron chi connectivity index (χ1n) is 10.4. The van der Waals surface area contributed by atoms with E-state index < -0.39 is 16.0 Å². The van der Waals surface area contributed by atoms with Crippen molar-refractivity contribution in [2.45, 2.75) is 56.8 Å². The number of hydrogen-bond acceptors (Lipinski definition) is 3. The van der Waals surface area contributed by atoms with Gasteiger partial charge in [-0.1, -0.05) is 23.8 Å². The summed E-state index contributed by atoms with van der Waals surface area (Å²) in [6.07, 6.45) is 10.6. The molecule has 0 unspecified atom stereocenters. The summed E-state index contributed by atoms with van der Waals surface area (Å²) in [6.45, 7) is 2.20. The molecule has 1 aromatic rings. The molecule has 3 aliphatic rings. The summed E-state index contributed by atoms with van der Waals surface area (Å²) in [5, 5.41) is 9.29. The van der Waals surface area contributed by atoms with Gasteiger partial charge in [-0.25, -0.2) is 13.1 Å². The number of unbranched alkanes of at least 4 members (excludes halogenated alkanes) is 1. The molecule has 1 aromatic carbocycles. The van der Waals surface area contributed by atoms with E-state index in [0.717, 1.165) is 6.42 Å². The van der Waals surface area contributed by atoms with E-state index in [2.05, 4.69) is 16.9 Å². The monoisotopic (exact) mass is 439 g/mol. The number of nitrogens with one attached hydrogen (secondary N) is 1. The molecule has 0 saturated heterocycles. The van der Waals surface area contributed by atoms with Crippen molar-refractivity contribution in [1.29, 1.82) is 0 Å². The van der Waals surface area contributed by atoms with Crippen LogP contribution in [0.5, 0.6) is 0 Å². The summed E-state index contributed by atoms with van der Waals surface area (Å²) >= 11 is 5.96. The number of benzene rings is 1. The molecule has 0 amide bonds. The molecule has 0 spiro atoms. The molecule has 3 saturated carbocycles. The number of rotatable bonds is 9. The van der Waals surface area contributed by atoms with Crippen LogP contribution in [0.15, 0.2) is 35.2 Å². The Balaban J connectivity index is 1.66. The fourth-order valence-corrected chi connectivity index (χ4v) is 6.57. The molecule has 4 rings (SSSR count). The predicted molar refractivity (Wildman–Crippen MR) is 114 cm³/mol. The minimum Gasteiger partial charge on any atom is -0.481 e. The summed E-state index contributed by atoms with van der Waals surface area (Å²) in [7, 11) is -3.58. The molecule has 3 aliphatic carbocycles. The summed E-state index contributed by atoms with van der Waals surface area (Å²) in [5.41, 5.74) is 0.644. The lowest BCUT2D eigenvalue weighted by atomic mass is 9.58. The number of aliphatic carboxylic acids is 1. The predicted octanol–water partition coefficient (Wildman–Crippen LogP) is 4.79. The van der Waals surface area contributed by atoms with Gasteiger partial charge in [-0.3, -0.25) is 4.79 Å². The molecule has 2 atom stereocenters. The Hall–Kier alpha value is -1.37. The maximum absolute atomic E-state index is 12.9. The quantitative estimate of drug-likeness (QED) is 0.428. The first-order valence-corrected chi connectivity index (χ1v) is 12.3. The topological polar surface area (TPSA) is 83.5 Å². The normalized spacial score (nSPS) is 26.8. The molecule has 0 aromatic heterocycles. The van der Waals surface area contributed by atoms with Crippen molar-refractivity contribution >= 4 is 27.6 Å². The Morgan fingerprint density at radius 2 is 1.93 bits per heavy atom. The first kappa shape index (κ1) is 22.3. The van der Waals surface area contributed by atoms with Gasteiger partial charge in [-0.05, 0) is 92.9 Å². The lowest BCUT2D eigenvalue weighted by Gasteiger charge is -2.48. The van der Waals surface area contributed by atoms with Crippen molar-refractivity contribution in [1.82, 2.24) is 4.72 Å². The molecule has 0 aliphatic heterocycles. The highest BCUT2D eigenvalue weighted by Crippen LogP contribution is 2.49. The second-order valence-electron chi connectivity index (χ2n) is 8.39. The Bertz CT molecular complexity index is 860. The molecule has 0 heterocycles. The maximum Gasteiger partial charge on any atom is 0.303 e. The summed E-state index contributed by atoms with van der Waals surface area (Å²) < 4.78 is 28.6. The fourth-order valence-electron chi connectivity index (χ4n) is 5.05. The van der Waals surface area contributed by atoms with Crippen molar-refractivity contribution in [3.8, 4) is 0 Å². The van der Waals surface area contributed by atoms with Crippen molar-refractivity contribution in [2.75, 3.05) is 6.54 Å². The standard InChI is InChI=1S/C22H30ClNO4S/c1-15-13-18(23)11-12-21(15)29(27,28)24-14-20-17-9-7-16(8-10-17)19(20)5-3-2-4-6-22(25)26/h3,5,11-13,16-17,19-20,24H,2,4,6-10,14H2,1H3,(H,25,26)/t16?,17?,19-,20+/m1/s1. The molecule has 3 fully saturated rings. The largest absolute Gasteiger partial charge is 0.481 e. The zero-order valence-electron chi connectivity index (χ0n) is 16.8. The second kappa shape index (κ2) is 9.63. The number of carboxylic acid groups (broad SMARTS) is 1. The zero-order chi connectivity index (χ0) is 21.0. The van der Waals surface area contributed by atoms with E-state index in [1.807, 2.05) is 0 Å². The van der Waals surface area contributed by atoms with Crippen LogP contribution in [0.4, 0.5) is 0 Å². The van der Waals surface area contributed by atoms with Gasteiger partial charge in [-0.15, -0.1) is 0 Å². The third kappa shape index (κ3) is 5.62. The minimum absolute atomic E-state index is 0.185. The molecule has 7 heteroatoms. The van der Waals surface area contributed by atoms with E-state index >= 15 is 0 Å². The van der Waals surface area contributed by atoms with Crippen molar-refractivity contribution in [3.63, 3.8) is 0 Å². The van der Waals surface area contributed by atoms with Crippen molar-refractivity contribution in [2.24, 2.45) is 23.7 Å². The van der Waals surface area contributed by atoms with Gasteiger partial charge in [0.05, 0.1) is 4.90 Å². The average molecular weight is 440 g/mol. The zero-order valence-corrected chi connectivity index (χ0v) is 18.4. The van der Waals surface area contributed by atoms with E-state index in [1.54, 1.807) is 25.1 Å². The van der Waals surface area contributed by atoms with Gasteiger partial charge in [0.1, 0.15) is 0 Å². The van der Waals surface area contributed by atoms with Crippen LogP contribution in [0.2, 0.25) is 5.02 Å². The highest BCUT2D eigenvalue weighted by Gasteiger charge is 2.42. The van der Waals surface area contributed by atoms with E-state index in [0.29, 0.717) is 47.2 Å². The number of carboxylic acids is 1. The third-order valence-electron chi connectivity index (χ3n) is 6.52. The smallest absolute Gasteiger partial charge is 0.303 e. The van der Waals surface area contributed by atoms with Crippen LogP contribution in [0, 0.1) is 30.6 Å². The van der Waals surface area contributed by atoms with Gasteiger partial charge in [-0.2, -0.15) is 0 Å².